The molecule has 0 spiro atoms. The van der Waals surface area contributed by atoms with Gasteiger partial charge in [0.15, 0.2) is 5.82 Å². The van der Waals surface area contributed by atoms with Crippen molar-refractivity contribution in [2.75, 3.05) is 0 Å². The number of benzene rings is 1. The van der Waals surface area contributed by atoms with E-state index in [9.17, 15) is 0 Å². The van der Waals surface area contributed by atoms with Gasteiger partial charge in [0, 0.05) is 5.39 Å². The Labute approximate surface area is 104 Å². The van der Waals surface area contributed by atoms with Crippen LogP contribution in [0.3, 0.4) is 0 Å². The highest BCUT2D eigenvalue weighted by molar-refractivity contribution is 5.91. The van der Waals surface area contributed by atoms with Gasteiger partial charge in [0.05, 0.1) is 11.6 Å². The molecule has 2 N–H and O–H groups in total. The molecular weight excluding hydrogens is 230 g/mol. The number of nitrogens with two attached hydrogens (primary N) is 1. The first-order valence-electron chi connectivity index (χ1n) is 5.85. The first-order chi connectivity index (χ1) is 8.79. The van der Waals surface area contributed by atoms with Crippen LogP contribution in [0, 0.1) is 0 Å². The molecule has 92 valence electrons. The molecule has 0 radical (unpaired) electrons. The molecule has 3 rings (SSSR count). The smallest absolute Gasteiger partial charge is 0.261 e. The van der Waals surface area contributed by atoms with Gasteiger partial charge in [0.1, 0.15) is 11.8 Å². The maximum absolute atomic E-state index is 5.87. The van der Waals surface area contributed by atoms with Gasteiger partial charge < -0.3 is 14.7 Å². The zero-order chi connectivity index (χ0) is 12.5. The molecule has 1 unspecified atom stereocenters. The Morgan fingerprint density at radius 1 is 1.33 bits per heavy atom. The number of fused-ring (bicyclic) bond motifs is 1. The normalized spacial score (nSPS) is 13.0. The fourth-order valence-corrected chi connectivity index (χ4v) is 1.82. The van der Waals surface area contributed by atoms with Crippen LogP contribution in [-0.4, -0.2) is 10.1 Å². The molecule has 0 amide bonds. The van der Waals surface area contributed by atoms with Crippen molar-refractivity contribution in [2.24, 2.45) is 5.73 Å². The number of aromatic nitrogens is 2. The fraction of sp³-hybridized carbons (Fsp3) is 0.231. The number of hydrogen-bond donors (Lipinski definition) is 1. The van der Waals surface area contributed by atoms with Gasteiger partial charge in [-0.2, -0.15) is 4.98 Å². The van der Waals surface area contributed by atoms with E-state index in [1.54, 1.807) is 6.26 Å². The van der Waals surface area contributed by atoms with Crippen LogP contribution in [0.25, 0.3) is 22.4 Å². The lowest BCUT2D eigenvalue weighted by Crippen LogP contribution is -2.10. The van der Waals surface area contributed by atoms with E-state index in [1.807, 2.05) is 31.2 Å². The van der Waals surface area contributed by atoms with Gasteiger partial charge in [-0.25, -0.2) is 0 Å². The SMILES string of the molecule is CCC(N)c1noc(-c2coc3ccccc23)n1. The summed E-state index contributed by atoms with van der Waals surface area (Å²) in [6.07, 6.45) is 2.39. The fourth-order valence-electron chi connectivity index (χ4n) is 1.82. The van der Waals surface area contributed by atoms with Gasteiger partial charge in [0.2, 0.25) is 0 Å². The quantitative estimate of drug-likeness (QED) is 0.765. The Morgan fingerprint density at radius 3 is 3.00 bits per heavy atom. The molecule has 1 atom stereocenters. The lowest BCUT2D eigenvalue weighted by Gasteiger charge is -1.99. The molecule has 2 aromatic heterocycles. The molecule has 2 heterocycles. The maximum atomic E-state index is 5.87. The van der Waals surface area contributed by atoms with E-state index in [1.165, 1.54) is 0 Å². The minimum atomic E-state index is -0.194. The highest BCUT2D eigenvalue weighted by Crippen LogP contribution is 2.29. The summed E-state index contributed by atoms with van der Waals surface area (Å²) in [5.74, 6) is 0.969. The van der Waals surface area contributed by atoms with E-state index in [0.29, 0.717) is 11.7 Å². The van der Waals surface area contributed by atoms with Crippen molar-refractivity contribution in [2.45, 2.75) is 19.4 Å². The first kappa shape index (κ1) is 11.0. The Kier molecular flexibility index (Phi) is 2.60. The van der Waals surface area contributed by atoms with Crippen molar-refractivity contribution in [3.05, 3.63) is 36.4 Å². The monoisotopic (exact) mass is 243 g/mol. The Balaban J connectivity index is 2.07. The first-order valence-corrected chi connectivity index (χ1v) is 5.85. The summed E-state index contributed by atoms with van der Waals surface area (Å²) >= 11 is 0. The lowest BCUT2D eigenvalue weighted by molar-refractivity contribution is 0.415. The van der Waals surface area contributed by atoms with Gasteiger partial charge >= 0.3 is 0 Å². The summed E-state index contributed by atoms with van der Waals surface area (Å²) < 4.78 is 10.7. The van der Waals surface area contributed by atoms with Gasteiger partial charge in [-0.15, -0.1) is 0 Å². The van der Waals surface area contributed by atoms with Crippen LogP contribution in [0.2, 0.25) is 0 Å². The molecule has 0 saturated heterocycles. The number of para-hydroxylation sites is 1. The van der Waals surface area contributed by atoms with Crippen molar-refractivity contribution in [3.63, 3.8) is 0 Å². The van der Waals surface area contributed by atoms with E-state index in [0.717, 1.165) is 23.0 Å². The molecule has 0 aliphatic rings. The van der Waals surface area contributed by atoms with Crippen LogP contribution < -0.4 is 5.73 Å². The Bertz CT molecular complexity index is 671. The van der Waals surface area contributed by atoms with E-state index >= 15 is 0 Å². The molecule has 0 aliphatic carbocycles. The minimum absolute atomic E-state index is 0.194. The summed E-state index contributed by atoms with van der Waals surface area (Å²) in [6.45, 7) is 1.98. The Morgan fingerprint density at radius 2 is 2.17 bits per heavy atom. The third-order valence-corrected chi connectivity index (χ3v) is 2.92. The predicted octanol–water partition coefficient (Wildman–Crippen LogP) is 2.89. The van der Waals surface area contributed by atoms with Crippen LogP contribution in [0.5, 0.6) is 0 Å². The molecule has 18 heavy (non-hydrogen) atoms. The van der Waals surface area contributed by atoms with Crippen LogP contribution in [-0.2, 0) is 0 Å². The van der Waals surface area contributed by atoms with Crippen LogP contribution in [0.15, 0.2) is 39.5 Å². The maximum Gasteiger partial charge on any atom is 0.261 e. The molecule has 0 aliphatic heterocycles. The third-order valence-electron chi connectivity index (χ3n) is 2.92. The van der Waals surface area contributed by atoms with Crippen LogP contribution in [0.1, 0.15) is 25.2 Å². The van der Waals surface area contributed by atoms with E-state index in [-0.39, 0.29) is 6.04 Å². The number of furan rings is 1. The van der Waals surface area contributed by atoms with E-state index in [4.69, 9.17) is 14.7 Å². The van der Waals surface area contributed by atoms with Gasteiger partial charge in [-0.3, -0.25) is 0 Å². The second-order valence-corrected chi connectivity index (χ2v) is 4.12. The molecule has 1 aromatic carbocycles. The predicted molar refractivity (Wildman–Crippen MR) is 66.7 cm³/mol. The number of hydrogen-bond acceptors (Lipinski definition) is 5. The molecule has 3 aromatic rings. The largest absolute Gasteiger partial charge is 0.463 e. The number of rotatable bonds is 3. The molecule has 5 heteroatoms. The lowest BCUT2D eigenvalue weighted by atomic mass is 10.2. The van der Waals surface area contributed by atoms with Gasteiger partial charge in [-0.05, 0) is 12.5 Å². The second kappa shape index (κ2) is 4.27. The second-order valence-electron chi connectivity index (χ2n) is 4.12. The summed E-state index contributed by atoms with van der Waals surface area (Å²) in [6, 6.07) is 7.52. The summed E-state index contributed by atoms with van der Waals surface area (Å²) in [5, 5.41) is 4.85. The van der Waals surface area contributed by atoms with Crippen molar-refractivity contribution >= 4 is 11.0 Å². The molecule has 5 nitrogen and oxygen atoms in total. The third kappa shape index (κ3) is 1.69. The molecule has 0 fully saturated rings. The van der Waals surface area contributed by atoms with Crippen molar-refractivity contribution in [3.8, 4) is 11.5 Å². The Hall–Kier alpha value is -2.14. The van der Waals surface area contributed by atoms with Crippen molar-refractivity contribution < 1.29 is 8.94 Å². The zero-order valence-electron chi connectivity index (χ0n) is 9.96. The summed E-state index contributed by atoms with van der Waals surface area (Å²) in [5.41, 5.74) is 7.46. The summed E-state index contributed by atoms with van der Waals surface area (Å²) in [4.78, 5) is 4.31. The van der Waals surface area contributed by atoms with E-state index in [2.05, 4.69) is 10.1 Å². The molecule has 0 saturated carbocycles. The number of nitrogens with zero attached hydrogens (tertiary/aromatic N) is 2. The average Bonchev–Trinajstić information content (AvgIpc) is 3.03. The van der Waals surface area contributed by atoms with Gasteiger partial charge in [0.25, 0.3) is 5.89 Å². The average molecular weight is 243 g/mol. The van der Waals surface area contributed by atoms with E-state index < -0.39 is 0 Å². The minimum Gasteiger partial charge on any atom is -0.463 e. The van der Waals surface area contributed by atoms with Gasteiger partial charge in [-0.1, -0.05) is 30.3 Å². The highest BCUT2D eigenvalue weighted by atomic mass is 16.5. The highest BCUT2D eigenvalue weighted by Gasteiger charge is 2.17. The van der Waals surface area contributed by atoms with Crippen molar-refractivity contribution in [1.82, 2.24) is 10.1 Å². The zero-order valence-corrected chi connectivity index (χ0v) is 9.96. The standard InChI is InChI=1S/C13H13N3O2/c1-2-10(14)12-15-13(18-16-12)9-7-17-11-6-4-3-5-8(9)11/h3-7,10H,2,14H2,1H3. The topological polar surface area (TPSA) is 78.1 Å². The van der Waals surface area contributed by atoms with Crippen LogP contribution >= 0.6 is 0 Å². The molecular formula is C13H13N3O2. The van der Waals surface area contributed by atoms with Crippen molar-refractivity contribution in [1.29, 1.82) is 0 Å². The van der Waals surface area contributed by atoms with Crippen LogP contribution in [0.4, 0.5) is 0 Å². The molecule has 0 bridgehead atoms. The summed E-state index contributed by atoms with van der Waals surface area (Å²) in [7, 11) is 0.